The molecule has 1 unspecified atom stereocenters. The van der Waals surface area contributed by atoms with Crippen LogP contribution >= 0.6 is 11.6 Å². The van der Waals surface area contributed by atoms with Gasteiger partial charge in [-0.25, -0.2) is 0 Å². The van der Waals surface area contributed by atoms with Gasteiger partial charge in [0.15, 0.2) is 0 Å². The van der Waals surface area contributed by atoms with Gasteiger partial charge >= 0.3 is 0 Å². The van der Waals surface area contributed by atoms with Crippen LogP contribution in [-0.2, 0) is 11.3 Å². The Bertz CT molecular complexity index is 813. The first-order valence-electron chi connectivity index (χ1n) is 9.47. The summed E-state index contributed by atoms with van der Waals surface area (Å²) >= 11 is 5.98. The number of ether oxygens (including phenoxy) is 2. The van der Waals surface area contributed by atoms with Crippen LogP contribution in [0.1, 0.15) is 35.2 Å². The highest BCUT2D eigenvalue weighted by atomic mass is 35.5. The van der Waals surface area contributed by atoms with E-state index in [0.29, 0.717) is 48.9 Å². The first-order chi connectivity index (χ1) is 13.5. The number of halogens is 1. The zero-order valence-corrected chi connectivity index (χ0v) is 16.8. The van der Waals surface area contributed by atoms with E-state index >= 15 is 0 Å². The smallest absolute Gasteiger partial charge is 0.253 e. The van der Waals surface area contributed by atoms with E-state index in [4.69, 9.17) is 21.1 Å². The summed E-state index contributed by atoms with van der Waals surface area (Å²) in [6.07, 6.45) is 1.77. The van der Waals surface area contributed by atoms with Gasteiger partial charge in [-0.15, -0.1) is 0 Å². The van der Waals surface area contributed by atoms with Crippen LogP contribution in [0.2, 0.25) is 5.02 Å². The van der Waals surface area contributed by atoms with Crippen molar-refractivity contribution in [2.75, 3.05) is 26.8 Å². The van der Waals surface area contributed by atoms with Gasteiger partial charge < -0.3 is 19.5 Å². The second-order valence-electron chi connectivity index (χ2n) is 7.25. The van der Waals surface area contributed by atoms with Gasteiger partial charge in [0.05, 0.1) is 6.61 Å². The lowest BCUT2D eigenvalue weighted by Crippen LogP contribution is -2.38. The molecule has 2 aromatic rings. The molecule has 3 rings (SSSR count). The van der Waals surface area contributed by atoms with Gasteiger partial charge in [-0.05, 0) is 55.2 Å². The molecule has 0 spiro atoms. The zero-order chi connectivity index (χ0) is 20.0. The summed E-state index contributed by atoms with van der Waals surface area (Å²) in [5, 5.41) is 11.5. The largest absolute Gasteiger partial charge is 0.491 e. The summed E-state index contributed by atoms with van der Waals surface area (Å²) in [4.78, 5) is 14.7. The standard InChI is InChI=1S/C22H26ClNO4/c1-27-15-17-5-2-6-18(13-17)21(25)24-11-4-9-22(26,10-12-24)16-28-20-8-3-7-19(23)14-20/h2-3,5-8,13-14,26H,4,9-12,15-16H2,1H3. The molecule has 1 saturated heterocycles. The molecule has 0 bridgehead atoms. The third-order valence-electron chi connectivity index (χ3n) is 4.99. The summed E-state index contributed by atoms with van der Waals surface area (Å²) in [7, 11) is 1.63. The Kier molecular flexibility index (Phi) is 6.94. The van der Waals surface area contributed by atoms with Crippen molar-refractivity contribution < 1.29 is 19.4 Å². The second-order valence-corrected chi connectivity index (χ2v) is 7.69. The fourth-order valence-corrected chi connectivity index (χ4v) is 3.62. The highest BCUT2D eigenvalue weighted by Crippen LogP contribution is 2.26. The van der Waals surface area contributed by atoms with Crippen molar-refractivity contribution in [2.45, 2.75) is 31.5 Å². The highest BCUT2D eigenvalue weighted by Gasteiger charge is 2.32. The molecule has 150 valence electrons. The number of methoxy groups -OCH3 is 1. The molecule has 5 nitrogen and oxygen atoms in total. The van der Waals surface area contributed by atoms with Crippen LogP contribution in [0.4, 0.5) is 0 Å². The van der Waals surface area contributed by atoms with Gasteiger partial charge in [0, 0.05) is 30.8 Å². The number of likely N-dealkylation sites (tertiary alicyclic amines) is 1. The SMILES string of the molecule is COCc1cccc(C(=O)N2CCCC(O)(COc3cccc(Cl)c3)CC2)c1. The monoisotopic (exact) mass is 403 g/mol. The summed E-state index contributed by atoms with van der Waals surface area (Å²) in [6, 6.07) is 14.6. The van der Waals surface area contributed by atoms with Crippen LogP contribution in [0.15, 0.2) is 48.5 Å². The molecule has 0 saturated carbocycles. The third-order valence-corrected chi connectivity index (χ3v) is 5.23. The molecule has 1 fully saturated rings. The first kappa shape index (κ1) is 20.6. The minimum Gasteiger partial charge on any atom is -0.491 e. The minimum atomic E-state index is -0.963. The number of aliphatic hydroxyl groups is 1. The van der Waals surface area contributed by atoms with Gasteiger partial charge in [-0.2, -0.15) is 0 Å². The van der Waals surface area contributed by atoms with E-state index in [-0.39, 0.29) is 12.5 Å². The molecular formula is C22H26ClNO4. The molecule has 2 aromatic carbocycles. The van der Waals surface area contributed by atoms with Crippen LogP contribution in [0.3, 0.4) is 0 Å². The summed E-state index contributed by atoms with van der Waals surface area (Å²) < 4.78 is 10.9. The van der Waals surface area contributed by atoms with Crippen molar-refractivity contribution in [3.8, 4) is 5.75 Å². The van der Waals surface area contributed by atoms with Gasteiger partial charge in [0.25, 0.3) is 5.91 Å². The molecule has 28 heavy (non-hydrogen) atoms. The van der Waals surface area contributed by atoms with Gasteiger partial charge in [0.2, 0.25) is 0 Å². The molecule has 1 amide bonds. The summed E-state index contributed by atoms with van der Waals surface area (Å²) in [5.74, 6) is 0.617. The maximum Gasteiger partial charge on any atom is 0.253 e. The van der Waals surface area contributed by atoms with Crippen molar-refractivity contribution in [1.29, 1.82) is 0 Å². The highest BCUT2D eigenvalue weighted by molar-refractivity contribution is 6.30. The van der Waals surface area contributed by atoms with E-state index in [0.717, 1.165) is 12.0 Å². The normalized spacial score (nSPS) is 19.9. The van der Waals surface area contributed by atoms with Crippen molar-refractivity contribution >= 4 is 17.5 Å². The fraction of sp³-hybridized carbons (Fsp3) is 0.409. The van der Waals surface area contributed by atoms with E-state index in [1.54, 1.807) is 19.2 Å². The lowest BCUT2D eigenvalue weighted by atomic mass is 9.96. The molecule has 1 N–H and O–H groups in total. The quantitative estimate of drug-likeness (QED) is 0.794. The maximum absolute atomic E-state index is 12.9. The van der Waals surface area contributed by atoms with E-state index < -0.39 is 5.60 Å². The number of hydrogen-bond acceptors (Lipinski definition) is 4. The molecular weight excluding hydrogens is 378 g/mol. The average Bonchev–Trinajstić information content (AvgIpc) is 2.89. The van der Waals surface area contributed by atoms with Crippen LogP contribution in [0.5, 0.6) is 5.75 Å². The van der Waals surface area contributed by atoms with E-state index in [9.17, 15) is 9.90 Å². The van der Waals surface area contributed by atoms with Gasteiger partial charge in [-0.1, -0.05) is 29.8 Å². The molecule has 0 radical (unpaired) electrons. The number of rotatable bonds is 6. The van der Waals surface area contributed by atoms with E-state index in [1.807, 2.05) is 41.3 Å². The number of hydrogen-bond donors (Lipinski definition) is 1. The van der Waals surface area contributed by atoms with Gasteiger partial charge in [0.1, 0.15) is 18.0 Å². The fourth-order valence-electron chi connectivity index (χ4n) is 3.44. The lowest BCUT2D eigenvalue weighted by Gasteiger charge is -2.27. The molecule has 0 aliphatic carbocycles. The van der Waals surface area contributed by atoms with E-state index in [2.05, 4.69) is 0 Å². The number of carbonyl (C=O) groups is 1. The number of amides is 1. The molecule has 6 heteroatoms. The number of benzene rings is 2. The van der Waals surface area contributed by atoms with Crippen molar-refractivity contribution in [2.24, 2.45) is 0 Å². The summed E-state index contributed by atoms with van der Waals surface area (Å²) in [5.41, 5.74) is 0.652. The first-order valence-corrected chi connectivity index (χ1v) is 9.85. The molecule has 1 aliphatic heterocycles. The number of carbonyl (C=O) groups excluding carboxylic acids is 1. The zero-order valence-electron chi connectivity index (χ0n) is 16.1. The van der Waals surface area contributed by atoms with E-state index in [1.165, 1.54) is 0 Å². The molecule has 1 heterocycles. The maximum atomic E-state index is 12.9. The Hall–Kier alpha value is -2.08. The summed E-state index contributed by atoms with van der Waals surface area (Å²) in [6.45, 7) is 1.76. The average molecular weight is 404 g/mol. The van der Waals surface area contributed by atoms with Crippen molar-refractivity contribution in [3.05, 3.63) is 64.7 Å². The van der Waals surface area contributed by atoms with Crippen molar-refractivity contribution in [3.63, 3.8) is 0 Å². The predicted octanol–water partition coefficient (Wildman–Crippen LogP) is 3.92. The van der Waals surface area contributed by atoms with Crippen LogP contribution < -0.4 is 4.74 Å². The van der Waals surface area contributed by atoms with Crippen LogP contribution in [0, 0.1) is 0 Å². The Morgan fingerprint density at radius 1 is 1.18 bits per heavy atom. The Balaban J connectivity index is 1.60. The molecule has 1 atom stereocenters. The Morgan fingerprint density at radius 2 is 2.00 bits per heavy atom. The van der Waals surface area contributed by atoms with Crippen LogP contribution in [-0.4, -0.2) is 48.3 Å². The second kappa shape index (κ2) is 9.41. The molecule has 1 aliphatic rings. The third kappa shape index (κ3) is 5.47. The lowest BCUT2D eigenvalue weighted by molar-refractivity contribution is -0.0163. The Morgan fingerprint density at radius 3 is 2.79 bits per heavy atom. The predicted molar refractivity (Wildman–Crippen MR) is 109 cm³/mol. The minimum absolute atomic E-state index is 0.0158. The number of nitrogens with zero attached hydrogens (tertiary/aromatic N) is 1. The van der Waals surface area contributed by atoms with Crippen molar-refractivity contribution in [1.82, 2.24) is 4.90 Å². The topological polar surface area (TPSA) is 59.0 Å². The molecule has 0 aromatic heterocycles. The Labute approximate surface area is 170 Å². The van der Waals surface area contributed by atoms with Gasteiger partial charge in [-0.3, -0.25) is 4.79 Å². The van der Waals surface area contributed by atoms with Crippen LogP contribution in [0.25, 0.3) is 0 Å².